The Morgan fingerprint density at radius 3 is 2.69 bits per heavy atom. The molecule has 0 aromatic carbocycles. The summed E-state index contributed by atoms with van der Waals surface area (Å²) in [6.07, 6.45) is 0.491. The average Bonchev–Trinajstić information content (AvgIpc) is 3.34. The van der Waals surface area contributed by atoms with Gasteiger partial charge >= 0.3 is 0 Å². The highest BCUT2D eigenvalue weighted by molar-refractivity contribution is 7.90. The van der Waals surface area contributed by atoms with Crippen molar-refractivity contribution in [2.75, 3.05) is 5.73 Å². The first-order chi connectivity index (χ1) is 13.6. The first-order valence-electron chi connectivity index (χ1n) is 9.15. The Bertz CT molecular complexity index is 986. The summed E-state index contributed by atoms with van der Waals surface area (Å²) in [7, 11) is -2.28. The smallest absolute Gasteiger partial charge is 0.251 e. The van der Waals surface area contributed by atoms with E-state index in [1.54, 1.807) is 10.9 Å². The summed E-state index contributed by atoms with van der Waals surface area (Å²) in [5, 5.41) is -0.0940. The van der Waals surface area contributed by atoms with E-state index in [1.807, 2.05) is 5.94 Å². The molecule has 29 heavy (non-hydrogen) atoms. The van der Waals surface area contributed by atoms with E-state index in [9.17, 15) is 4.79 Å². The van der Waals surface area contributed by atoms with Crippen LogP contribution in [0.4, 0.5) is 5.82 Å². The van der Waals surface area contributed by atoms with Crippen LogP contribution in [0.1, 0.15) is 27.0 Å². The lowest BCUT2D eigenvalue weighted by Crippen LogP contribution is -2.43. The van der Waals surface area contributed by atoms with Gasteiger partial charge < -0.3 is 14.9 Å². The number of aromatic nitrogens is 4. The van der Waals surface area contributed by atoms with Crippen molar-refractivity contribution >= 4 is 43.6 Å². The maximum atomic E-state index is 11.8. The van der Waals surface area contributed by atoms with Crippen molar-refractivity contribution in [3.05, 3.63) is 18.4 Å². The van der Waals surface area contributed by atoms with Gasteiger partial charge in [0.25, 0.3) is 8.32 Å². The second kappa shape index (κ2) is 7.08. The first-order valence-corrected chi connectivity index (χ1v) is 12.7. The Hall–Kier alpha value is -1.95. The van der Waals surface area contributed by atoms with Gasteiger partial charge in [-0.1, -0.05) is 20.8 Å². The number of carbonyl (C=O) groups excluding carboxylic acids is 1. The van der Waals surface area contributed by atoms with E-state index in [1.165, 1.54) is 6.33 Å². The molecular weight excluding hydrogens is 414 g/mol. The lowest BCUT2D eigenvalue weighted by atomic mass is 10.1. The number of rotatable bonds is 4. The lowest BCUT2D eigenvalue weighted by Gasteiger charge is -2.37. The Balaban J connectivity index is 1.67. The summed E-state index contributed by atoms with van der Waals surface area (Å²) in [5.41, 5.74) is 6.85. The summed E-state index contributed by atoms with van der Waals surface area (Å²) >= 11 is 0.872. The van der Waals surface area contributed by atoms with Gasteiger partial charge in [0, 0.05) is 0 Å². The van der Waals surface area contributed by atoms with Gasteiger partial charge in [-0.2, -0.15) is 0 Å². The summed E-state index contributed by atoms with van der Waals surface area (Å²) in [6, 6.07) is 0. The van der Waals surface area contributed by atoms with E-state index in [0.29, 0.717) is 11.2 Å². The van der Waals surface area contributed by atoms with E-state index in [4.69, 9.17) is 23.3 Å². The number of nitrogens with zero attached hydrogens (tertiary/aromatic N) is 4. The number of imidazole rings is 1. The zero-order valence-electron chi connectivity index (χ0n) is 16.8. The molecule has 12 heteroatoms. The highest BCUT2D eigenvalue weighted by atomic mass is 32.2. The Kier molecular flexibility index (Phi) is 4.96. The molecule has 0 amide bonds. The van der Waals surface area contributed by atoms with Crippen LogP contribution in [0.2, 0.25) is 18.1 Å². The molecule has 156 valence electrons. The third kappa shape index (κ3) is 3.35. The first kappa shape index (κ1) is 20.3. The Labute approximate surface area is 173 Å². The predicted octanol–water partition coefficient (Wildman–Crippen LogP) is 2.39. The van der Waals surface area contributed by atoms with Crippen molar-refractivity contribution < 1.29 is 22.3 Å². The summed E-state index contributed by atoms with van der Waals surface area (Å²) in [6.45, 7) is 10.4. The summed E-state index contributed by atoms with van der Waals surface area (Å²) < 4.78 is 25.4. The number of hydrogen-bond acceptors (Lipinski definition) is 10. The van der Waals surface area contributed by atoms with Crippen molar-refractivity contribution in [2.24, 2.45) is 0 Å². The fourth-order valence-electron chi connectivity index (χ4n) is 3.02. The maximum absolute atomic E-state index is 11.8. The monoisotopic (exact) mass is 437 g/mol. The predicted molar refractivity (Wildman–Crippen MR) is 108 cm³/mol. The van der Waals surface area contributed by atoms with Crippen LogP contribution in [0.25, 0.3) is 11.2 Å². The van der Waals surface area contributed by atoms with E-state index in [0.717, 1.165) is 12.3 Å². The van der Waals surface area contributed by atoms with Crippen molar-refractivity contribution in [1.82, 2.24) is 19.5 Å². The molecule has 2 fully saturated rings. The van der Waals surface area contributed by atoms with Gasteiger partial charge in [-0.05, 0) is 18.1 Å². The molecule has 0 radical (unpaired) electrons. The number of nitrogen functional groups attached to an aromatic ring is 1. The Morgan fingerprint density at radius 1 is 1.28 bits per heavy atom. The molecule has 2 aliphatic heterocycles. The van der Waals surface area contributed by atoms with Crippen molar-refractivity contribution in [1.29, 1.82) is 0 Å². The molecule has 0 spiro atoms. The standard InChI is InChI=1S/C17H23N5O5SSi/c1-17(2,3)29(4,5)27-9(6-23)11-12-13(26-28-25-12)16(24-11)22-8-21-10-14(18)19-7-20-15(10)22/h7-8,11-13,16H,1-5H3,(H2,18,19,20)/t11-,12-,13-,16-/m1/s1. The lowest BCUT2D eigenvalue weighted by molar-refractivity contribution is -0.0283. The second-order valence-corrected chi connectivity index (χ2v) is 13.8. The largest absolute Gasteiger partial charge is 0.537 e. The van der Waals surface area contributed by atoms with Gasteiger partial charge in [0.2, 0.25) is 0 Å². The van der Waals surface area contributed by atoms with Crippen LogP contribution >= 0.6 is 12.3 Å². The zero-order chi connectivity index (χ0) is 21.0. The molecule has 0 bridgehead atoms. The summed E-state index contributed by atoms with van der Waals surface area (Å²) in [5.74, 6) is 2.30. The minimum absolute atomic E-state index is 0.0940. The van der Waals surface area contributed by atoms with Gasteiger partial charge in [-0.3, -0.25) is 12.9 Å². The van der Waals surface area contributed by atoms with Crippen LogP contribution < -0.4 is 5.73 Å². The zero-order valence-corrected chi connectivity index (χ0v) is 18.6. The molecule has 0 saturated carbocycles. The molecular formula is C17H23N5O5SSi. The van der Waals surface area contributed by atoms with E-state index in [-0.39, 0.29) is 16.6 Å². The molecule has 2 saturated heterocycles. The van der Waals surface area contributed by atoms with Gasteiger partial charge in [-0.15, -0.1) is 0 Å². The molecule has 2 aromatic rings. The van der Waals surface area contributed by atoms with Crippen LogP contribution in [-0.4, -0.2) is 52.1 Å². The third-order valence-corrected chi connectivity index (χ3v) is 10.6. The molecule has 0 aliphatic carbocycles. The van der Waals surface area contributed by atoms with E-state index in [2.05, 4.69) is 48.8 Å². The normalized spacial score (nSPS) is 27.1. The third-order valence-electron chi connectivity index (χ3n) is 5.68. The minimum atomic E-state index is -2.28. The molecule has 4 atom stereocenters. The van der Waals surface area contributed by atoms with Crippen LogP contribution in [0, 0.1) is 0 Å². The second-order valence-electron chi connectivity index (χ2n) is 8.55. The van der Waals surface area contributed by atoms with Gasteiger partial charge in [0.05, 0.1) is 6.33 Å². The highest BCUT2D eigenvalue weighted by Gasteiger charge is 2.55. The van der Waals surface area contributed by atoms with Gasteiger partial charge in [0.1, 0.15) is 17.9 Å². The van der Waals surface area contributed by atoms with E-state index >= 15 is 0 Å². The topological polar surface area (TPSA) is 124 Å². The summed E-state index contributed by atoms with van der Waals surface area (Å²) in [4.78, 5) is 24.3. The van der Waals surface area contributed by atoms with Gasteiger partial charge in [-0.25, -0.2) is 19.7 Å². The van der Waals surface area contributed by atoms with Crippen molar-refractivity contribution in [3.8, 4) is 0 Å². The molecule has 2 aromatic heterocycles. The highest BCUT2D eigenvalue weighted by Crippen LogP contribution is 2.46. The van der Waals surface area contributed by atoms with Crippen LogP contribution in [0.3, 0.4) is 0 Å². The Morgan fingerprint density at radius 2 is 2.00 bits per heavy atom. The number of ether oxygens (including phenoxy) is 1. The van der Waals surface area contributed by atoms with Crippen molar-refractivity contribution in [2.45, 2.75) is 63.4 Å². The van der Waals surface area contributed by atoms with Crippen LogP contribution in [0.15, 0.2) is 18.4 Å². The molecule has 4 rings (SSSR count). The average molecular weight is 438 g/mol. The SMILES string of the molecule is CC(C)(C)[Si](C)(C)OC(=C=O)[C@H]1O[C@@H](n2cnc3c(N)ncnc32)[C@@H]2OSO[C@@H]21. The number of nitrogens with two attached hydrogens (primary N) is 1. The van der Waals surface area contributed by atoms with E-state index < -0.39 is 32.9 Å². The fraction of sp³-hybridized carbons (Fsp3) is 0.588. The van der Waals surface area contributed by atoms with Crippen LogP contribution in [0.5, 0.6) is 0 Å². The molecule has 10 nitrogen and oxygen atoms in total. The minimum Gasteiger partial charge on any atom is -0.537 e. The number of anilines is 1. The van der Waals surface area contributed by atoms with Gasteiger partial charge in [0.15, 0.2) is 53.9 Å². The van der Waals surface area contributed by atoms with Crippen molar-refractivity contribution in [3.63, 3.8) is 0 Å². The number of fused-ring (bicyclic) bond motifs is 2. The molecule has 0 unspecified atom stereocenters. The molecule has 4 heterocycles. The molecule has 2 aliphatic rings. The van der Waals surface area contributed by atoms with Crippen LogP contribution in [-0.2, 0) is 22.3 Å². The maximum Gasteiger partial charge on any atom is 0.251 e. The number of hydrogen-bond donors (Lipinski definition) is 1. The fourth-order valence-corrected chi connectivity index (χ4v) is 4.67. The molecule has 2 N–H and O–H groups in total. The quantitative estimate of drug-likeness (QED) is 0.330.